The van der Waals surface area contributed by atoms with Gasteiger partial charge in [0.1, 0.15) is 5.60 Å². The van der Waals surface area contributed by atoms with E-state index in [-0.39, 0.29) is 5.60 Å². The van der Waals surface area contributed by atoms with Gasteiger partial charge in [-0.2, -0.15) is 0 Å². The molecule has 3 rings (SSSR count). The zero-order valence-electron chi connectivity index (χ0n) is 12.1. The summed E-state index contributed by atoms with van der Waals surface area (Å²) < 4.78 is 11.4. The van der Waals surface area contributed by atoms with Crippen LogP contribution >= 0.6 is 0 Å². The average molecular weight is 277 g/mol. The van der Waals surface area contributed by atoms with Crippen molar-refractivity contribution in [1.82, 2.24) is 15.3 Å². The minimum atomic E-state index is -0.352. The van der Waals surface area contributed by atoms with Gasteiger partial charge in [-0.15, -0.1) is 0 Å². The summed E-state index contributed by atoms with van der Waals surface area (Å²) >= 11 is 0. The Morgan fingerprint density at radius 2 is 2.00 bits per heavy atom. The van der Waals surface area contributed by atoms with Crippen LogP contribution in [0.15, 0.2) is 12.4 Å². The van der Waals surface area contributed by atoms with Crippen molar-refractivity contribution in [1.29, 1.82) is 0 Å². The fraction of sp³-hybridized carbons (Fsp3) is 0.733. The minimum Gasteiger partial charge on any atom is -0.381 e. The number of aromatic nitrogens is 2. The van der Waals surface area contributed by atoms with Crippen LogP contribution in [0.4, 0.5) is 0 Å². The second kappa shape index (κ2) is 6.16. The molecule has 0 radical (unpaired) electrons. The van der Waals surface area contributed by atoms with Gasteiger partial charge in [0, 0.05) is 63.2 Å². The highest BCUT2D eigenvalue weighted by Crippen LogP contribution is 2.33. The van der Waals surface area contributed by atoms with Crippen LogP contribution in [0.5, 0.6) is 0 Å². The van der Waals surface area contributed by atoms with Gasteiger partial charge < -0.3 is 14.8 Å². The highest BCUT2D eigenvalue weighted by Gasteiger charge is 2.37. The molecule has 0 atom stereocenters. The predicted octanol–water partition coefficient (Wildman–Crippen LogP) is 1.77. The summed E-state index contributed by atoms with van der Waals surface area (Å²) in [5, 5.41) is 3.48. The van der Waals surface area contributed by atoms with E-state index in [9.17, 15) is 0 Å². The Kier molecular flexibility index (Phi) is 4.29. The topological polar surface area (TPSA) is 56.3 Å². The molecule has 2 fully saturated rings. The highest BCUT2D eigenvalue weighted by molar-refractivity contribution is 5.11. The summed E-state index contributed by atoms with van der Waals surface area (Å²) in [5.41, 5.74) is 0.787. The molecule has 2 aliphatic rings. The van der Waals surface area contributed by atoms with Crippen molar-refractivity contribution < 1.29 is 9.47 Å². The molecule has 5 nitrogen and oxygen atoms in total. The van der Waals surface area contributed by atoms with Gasteiger partial charge in [-0.25, -0.2) is 9.97 Å². The smallest absolute Gasteiger partial charge is 0.160 e. The first kappa shape index (κ1) is 13.9. The van der Waals surface area contributed by atoms with E-state index in [2.05, 4.69) is 15.3 Å². The number of ether oxygens (including phenoxy) is 2. The van der Waals surface area contributed by atoms with Crippen molar-refractivity contribution in [3.05, 3.63) is 23.8 Å². The number of hydrogen-bond acceptors (Lipinski definition) is 5. The lowest BCUT2D eigenvalue weighted by molar-refractivity contribution is -0.117. The second-order valence-electron chi connectivity index (χ2n) is 5.61. The minimum absolute atomic E-state index is 0.352. The Labute approximate surface area is 120 Å². The molecule has 1 aliphatic heterocycles. The van der Waals surface area contributed by atoms with E-state index in [1.165, 1.54) is 12.8 Å². The van der Waals surface area contributed by atoms with E-state index in [0.717, 1.165) is 30.8 Å². The van der Waals surface area contributed by atoms with E-state index < -0.39 is 0 Å². The molecule has 1 aromatic heterocycles. The normalized spacial score (nSPS) is 21.9. The number of nitrogens with one attached hydrogen (secondary N) is 1. The van der Waals surface area contributed by atoms with Gasteiger partial charge in [0.25, 0.3) is 0 Å². The first-order valence-corrected chi connectivity index (χ1v) is 7.59. The summed E-state index contributed by atoms with van der Waals surface area (Å²) in [6.45, 7) is 4.98. The van der Waals surface area contributed by atoms with Crippen molar-refractivity contribution >= 4 is 0 Å². The molecule has 1 aromatic rings. The van der Waals surface area contributed by atoms with Crippen LogP contribution in [-0.2, 0) is 21.6 Å². The monoisotopic (exact) mass is 277 g/mol. The predicted molar refractivity (Wildman–Crippen MR) is 75.3 cm³/mol. The van der Waals surface area contributed by atoms with Crippen molar-refractivity contribution in [2.75, 3.05) is 19.8 Å². The Morgan fingerprint density at radius 1 is 1.30 bits per heavy atom. The van der Waals surface area contributed by atoms with Gasteiger partial charge in [0.15, 0.2) is 5.82 Å². The fourth-order valence-corrected chi connectivity index (χ4v) is 2.64. The molecule has 20 heavy (non-hydrogen) atoms. The molecular weight excluding hydrogens is 254 g/mol. The molecule has 0 spiro atoms. The van der Waals surface area contributed by atoms with Gasteiger partial charge in [-0.05, 0) is 19.8 Å². The molecule has 0 amide bonds. The van der Waals surface area contributed by atoms with Crippen LogP contribution in [-0.4, -0.2) is 35.8 Å². The average Bonchev–Trinajstić information content (AvgIpc) is 3.31. The molecule has 1 saturated heterocycles. The molecule has 0 bridgehead atoms. The summed E-state index contributed by atoms with van der Waals surface area (Å²) in [6, 6.07) is 0.708. The summed E-state index contributed by atoms with van der Waals surface area (Å²) in [6.07, 6.45) is 8.11. The van der Waals surface area contributed by atoms with Gasteiger partial charge in [0.2, 0.25) is 0 Å². The summed E-state index contributed by atoms with van der Waals surface area (Å²) in [4.78, 5) is 9.12. The summed E-state index contributed by atoms with van der Waals surface area (Å²) in [5.74, 6) is 0.804. The first-order chi connectivity index (χ1) is 9.82. The maximum atomic E-state index is 5.98. The quantitative estimate of drug-likeness (QED) is 0.859. The molecular formula is C15H23N3O2. The van der Waals surface area contributed by atoms with Gasteiger partial charge >= 0.3 is 0 Å². The number of nitrogens with zero attached hydrogens (tertiary/aromatic N) is 2. The van der Waals surface area contributed by atoms with E-state index in [4.69, 9.17) is 9.47 Å². The Morgan fingerprint density at radius 3 is 2.60 bits per heavy atom. The molecule has 2 heterocycles. The van der Waals surface area contributed by atoms with Crippen LogP contribution in [0.3, 0.4) is 0 Å². The molecule has 0 unspecified atom stereocenters. The van der Waals surface area contributed by atoms with Crippen LogP contribution in [0, 0.1) is 0 Å². The third-order valence-electron chi connectivity index (χ3n) is 4.01. The van der Waals surface area contributed by atoms with Crippen molar-refractivity contribution in [2.45, 2.75) is 50.8 Å². The van der Waals surface area contributed by atoms with E-state index in [0.29, 0.717) is 25.9 Å². The van der Waals surface area contributed by atoms with Gasteiger partial charge in [-0.1, -0.05) is 0 Å². The van der Waals surface area contributed by atoms with Gasteiger partial charge in [-0.3, -0.25) is 0 Å². The SMILES string of the molecule is CCOC1(c2ncc(CNC3CC3)cn2)CCOCC1. The maximum absolute atomic E-state index is 5.98. The molecule has 0 aromatic carbocycles. The molecule has 110 valence electrons. The third-order valence-corrected chi connectivity index (χ3v) is 4.01. The number of hydrogen-bond donors (Lipinski definition) is 1. The van der Waals surface area contributed by atoms with Crippen LogP contribution in [0.25, 0.3) is 0 Å². The standard InChI is InChI=1S/C15H23N3O2/c1-2-20-15(5-7-19-8-6-15)14-17-10-12(11-18-14)9-16-13-3-4-13/h10-11,13,16H,2-9H2,1H3. The maximum Gasteiger partial charge on any atom is 0.160 e. The molecule has 1 aliphatic carbocycles. The first-order valence-electron chi connectivity index (χ1n) is 7.59. The zero-order valence-corrected chi connectivity index (χ0v) is 12.1. The zero-order chi connectivity index (χ0) is 13.8. The lowest BCUT2D eigenvalue weighted by Crippen LogP contribution is -2.38. The van der Waals surface area contributed by atoms with E-state index >= 15 is 0 Å². The van der Waals surface area contributed by atoms with Crippen LogP contribution in [0.1, 0.15) is 44.0 Å². The fourth-order valence-electron chi connectivity index (χ4n) is 2.64. The number of rotatable bonds is 6. The van der Waals surface area contributed by atoms with Crippen molar-refractivity contribution in [3.8, 4) is 0 Å². The Balaban J connectivity index is 1.69. The van der Waals surface area contributed by atoms with E-state index in [1.807, 2.05) is 19.3 Å². The van der Waals surface area contributed by atoms with E-state index in [1.54, 1.807) is 0 Å². The van der Waals surface area contributed by atoms with Crippen LogP contribution in [0.2, 0.25) is 0 Å². The lowest BCUT2D eigenvalue weighted by Gasteiger charge is -2.35. The molecule has 1 saturated carbocycles. The molecule has 1 N–H and O–H groups in total. The van der Waals surface area contributed by atoms with Crippen LogP contribution < -0.4 is 5.32 Å². The third kappa shape index (κ3) is 3.16. The lowest BCUT2D eigenvalue weighted by atomic mass is 9.93. The van der Waals surface area contributed by atoms with Crippen molar-refractivity contribution in [2.24, 2.45) is 0 Å². The Hall–Kier alpha value is -1.04. The second-order valence-corrected chi connectivity index (χ2v) is 5.61. The molecule has 5 heteroatoms. The summed E-state index contributed by atoms with van der Waals surface area (Å²) in [7, 11) is 0. The van der Waals surface area contributed by atoms with Gasteiger partial charge in [0.05, 0.1) is 0 Å². The highest BCUT2D eigenvalue weighted by atomic mass is 16.5. The Bertz CT molecular complexity index is 420. The largest absolute Gasteiger partial charge is 0.381 e. The van der Waals surface area contributed by atoms with Crippen molar-refractivity contribution in [3.63, 3.8) is 0 Å².